The van der Waals surface area contributed by atoms with Gasteiger partial charge in [0.2, 0.25) is 17.1 Å². The third-order valence-corrected chi connectivity index (χ3v) is 4.04. The van der Waals surface area contributed by atoms with Crippen LogP contribution in [0.25, 0.3) is 0 Å². The normalized spacial score (nSPS) is 15.7. The zero-order chi connectivity index (χ0) is 18.8. The summed E-state index contributed by atoms with van der Waals surface area (Å²) in [4.78, 5) is 12.4. The van der Waals surface area contributed by atoms with Crippen molar-refractivity contribution in [1.82, 2.24) is 0 Å². The first-order valence-corrected chi connectivity index (χ1v) is 7.61. The summed E-state index contributed by atoms with van der Waals surface area (Å²) < 4.78 is 21.8. The van der Waals surface area contributed by atoms with Gasteiger partial charge in [-0.2, -0.15) is 5.26 Å². The number of ether oxygens (including phenoxy) is 3. The van der Waals surface area contributed by atoms with Gasteiger partial charge in [0.1, 0.15) is 35.5 Å². The fraction of sp³-hybridized carbons (Fsp3) is 0.222. The maximum atomic E-state index is 12.4. The lowest BCUT2D eigenvalue weighted by Gasteiger charge is -2.26. The van der Waals surface area contributed by atoms with E-state index in [-0.39, 0.29) is 28.7 Å². The largest absolute Gasteiger partial charge is 0.496 e. The van der Waals surface area contributed by atoms with Crippen LogP contribution in [0.5, 0.6) is 17.2 Å². The van der Waals surface area contributed by atoms with E-state index in [1.165, 1.54) is 14.2 Å². The van der Waals surface area contributed by atoms with Gasteiger partial charge in [-0.25, -0.2) is 0 Å². The van der Waals surface area contributed by atoms with E-state index in [4.69, 9.17) is 24.4 Å². The van der Waals surface area contributed by atoms with Crippen LogP contribution >= 0.6 is 0 Å². The average Bonchev–Trinajstić information content (AvgIpc) is 2.66. The molecular weight excluding hydrogens is 340 g/mol. The number of nitriles is 1. The van der Waals surface area contributed by atoms with E-state index in [0.717, 1.165) is 6.07 Å². The molecule has 134 valence electrons. The Morgan fingerprint density at radius 2 is 1.96 bits per heavy atom. The standard InChI is InChI=1S/C18H16N2O6/c1-23-12-4-3-5-13(24-2)15(12)14-10(7-19)18(20)26-16-11(22)6-9(8-21)25-17(14)16/h3-6,14,21H,8,20H2,1-2H3/t14-/m0/s1. The Morgan fingerprint density at radius 1 is 1.31 bits per heavy atom. The van der Waals surface area contributed by atoms with Gasteiger partial charge in [-0.05, 0) is 12.1 Å². The molecule has 0 spiro atoms. The molecule has 0 bridgehead atoms. The van der Waals surface area contributed by atoms with Gasteiger partial charge in [0.05, 0.1) is 25.7 Å². The molecule has 8 heteroatoms. The van der Waals surface area contributed by atoms with Gasteiger partial charge in [0.25, 0.3) is 0 Å². The van der Waals surface area contributed by atoms with Crippen molar-refractivity contribution in [2.45, 2.75) is 12.5 Å². The molecule has 0 aliphatic carbocycles. The Bertz CT molecular complexity index is 964. The molecule has 1 aliphatic rings. The maximum Gasteiger partial charge on any atom is 0.228 e. The van der Waals surface area contributed by atoms with Crippen LogP contribution in [0.15, 0.2) is 44.9 Å². The van der Waals surface area contributed by atoms with Crippen LogP contribution in [-0.2, 0) is 6.61 Å². The second-order valence-corrected chi connectivity index (χ2v) is 5.43. The van der Waals surface area contributed by atoms with Gasteiger partial charge >= 0.3 is 0 Å². The minimum absolute atomic E-state index is 0.0361. The highest BCUT2D eigenvalue weighted by molar-refractivity contribution is 5.59. The van der Waals surface area contributed by atoms with Crippen LogP contribution in [0.1, 0.15) is 23.0 Å². The lowest BCUT2D eigenvalue weighted by atomic mass is 9.86. The summed E-state index contributed by atoms with van der Waals surface area (Å²) >= 11 is 0. The number of rotatable bonds is 4. The summed E-state index contributed by atoms with van der Waals surface area (Å²) in [7, 11) is 2.94. The van der Waals surface area contributed by atoms with Crippen LogP contribution in [0.3, 0.4) is 0 Å². The zero-order valence-electron chi connectivity index (χ0n) is 14.1. The summed E-state index contributed by atoms with van der Waals surface area (Å²) in [6.45, 7) is -0.487. The van der Waals surface area contributed by atoms with E-state index in [2.05, 4.69) is 0 Å². The molecular formula is C18H16N2O6. The number of aliphatic hydroxyl groups is 1. The molecule has 8 nitrogen and oxygen atoms in total. The summed E-state index contributed by atoms with van der Waals surface area (Å²) in [6, 6.07) is 8.20. The Kier molecular flexibility index (Phi) is 4.56. The molecule has 0 saturated carbocycles. The first-order valence-electron chi connectivity index (χ1n) is 7.61. The topological polar surface area (TPSA) is 128 Å². The van der Waals surface area contributed by atoms with Crippen LogP contribution in [0.2, 0.25) is 0 Å². The van der Waals surface area contributed by atoms with Crippen molar-refractivity contribution in [3.05, 3.63) is 63.0 Å². The molecule has 1 aromatic heterocycles. The minimum Gasteiger partial charge on any atom is -0.496 e. The fourth-order valence-corrected chi connectivity index (χ4v) is 2.92. The molecule has 1 atom stereocenters. The molecule has 1 aromatic carbocycles. The Morgan fingerprint density at radius 3 is 2.50 bits per heavy atom. The van der Waals surface area contributed by atoms with Crippen molar-refractivity contribution in [3.63, 3.8) is 0 Å². The Labute approximate surface area is 148 Å². The van der Waals surface area contributed by atoms with Crippen molar-refractivity contribution in [2.75, 3.05) is 14.2 Å². The van der Waals surface area contributed by atoms with Gasteiger partial charge in [-0.1, -0.05) is 6.07 Å². The van der Waals surface area contributed by atoms with Crippen LogP contribution in [0, 0.1) is 11.3 Å². The van der Waals surface area contributed by atoms with Crippen molar-refractivity contribution in [2.24, 2.45) is 5.73 Å². The molecule has 0 saturated heterocycles. The van der Waals surface area contributed by atoms with Crippen LogP contribution in [-0.4, -0.2) is 19.3 Å². The second kappa shape index (κ2) is 6.82. The molecule has 2 aromatic rings. The molecule has 0 fully saturated rings. The number of aliphatic hydroxyl groups excluding tert-OH is 1. The van der Waals surface area contributed by atoms with Gasteiger partial charge < -0.3 is 29.5 Å². The third-order valence-electron chi connectivity index (χ3n) is 4.04. The third kappa shape index (κ3) is 2.64. The first-order chi connectivity index (χ1) is 12.5. The predicted octanol–water partition coefficient (Wildman–Crippen LogP) is 1.37. The number of fused-ring (bicyclic) bond motifs is 1. The van der Waals surface area contributed by atoms with Gasteiger partial charge in [-0.3, -0.25) is 4.79 Å². The Hall–Kier alpha value is -3.44. The summed E-state index contributed by atoms with van der Waals surface area (Å²) in [5, 5.41) is 19.0. The van der Waals surface area contributed by atoms with Crippen LogP contribution in [0.4, 0.5) is 0 Å². The molecule has 3 rings (SSSR count). The van der Waals surface area contributed by atoms with E-state index < -0.39 is 18.0 Å². The smallest absolute Gasteiger partial charge is 0.228 e. The lowest BCUT2D eigenvalue weighted by molar-refractivity contribution is 0.231. The van der Waals surface area contributed by atoms with Gasteiger partial charge in [0, 0.05) is 6.07 Å². The van der Waals surface area contributed by atoms with E-state index in [1.54, 1.807) is 18.2 Å². The van der Waals surface area contributed by atoms with Gasteiger partial charge in [0.15, 0.2) is 5.76 Å². The molecule has 3 N–H and O–H groups in total. The quantitative estimate of drug-likeness (QED) is 0.840. The number of allylic oxidation sites excluding steroid dienone is 1. The van der Waals surface area contributed by atoms with Gasteiger partial charge in [-0.15, -0.1) is 0 Å². The highest BCUT2D eigenvalue weighted by Crippen LogP contribution is 2.47. The number of hydrogen-bond donors (Lipinski definition) is 2. The zero-order valence-corrected chi connectivity index (χ0v) is 14.1. The molecule has 0 amide bonds. The number of nitrogens with zero attached hydrogens (tertiary/aromatic N) is 1. The molecule has 0 unspecified atom stereocenters. The minimum atomic E-state index is -0.894. The second-order valence-electron chi connectivity index (χ2n) is 5.43. The van der Waals surface area contributed by atoms with Crippen molar-refractivity contribution in [1.29, 1.82) is 5.26 Å². The summed E-state index contributed by atoms with van der Waals surface area (Å²) in [5.74, 6) is -0.323. The predicted molar refractivity (Wildman–Crippen MR) is 89.7 cm³/mol. The SMILES string of the molecule is COc1cccc(OC)c1[C@@H]1C(C#N)=C(N)Oc2c1oc(CO)cc2=O. The highest BCUT2D eigenvalue weighted by Gasteiger charge is 2.38. The monoisotopic (exact) mass is 356 g/mol. The molecule has 1 aliphatic heterocycles. The summed E-state index contributed by atoms with van der Waals surface area (Å²) in [5.41, 5.74) is 5.86. The fourth-order valence-electron chi connectivity index (χ4n) is 2.92. The number of benzene rings is 1. The van der Waals surface area contributed by atoms with E-state index in [1.807, 2.05) is 6.07 Å². The molecule has 26 heavy (non-hydrogen) atoms. The highest BCUT2D eigenvalue weighted by atomic mass is 16.5. The van der Waals surface area contributed by atoms with Crippen molar-refractivity contribution >= 4 is 0 Å². The van der Waals surface area contributed by atoms with E-state index >= 15 is 0 Å². The number of methoxy groups -OCH3 is 2. The number of nitrogens with two attached hydrogens (primary N) is 1. The van der Waals surface area contributed by atoms with Crippen molar-refractivity contribution in [3.8, 4) is 23.3 Å². The lowest BCUT2D eigenvalue weighted by Crippen LogP contribution is -2.26. The molecule has 0 radical (unpaired) electrons. The van der Waals surface area contributed by atoms with Crippen molar-refractivity contribution < 1.29 is 23.7 Å². The van der Waals surface area contributed by atoms with Crippen LogP contribution < -0.4 is 25.4 Å². The molecule has 2 heterocycles. The summed E-state index contributed by atoms with van der Waals surface area (Å²) in [6.07, 6.45) is 0. The van der Waals surface area contributed by atoms with E-state index in [9.17, 15) is 15.2 Å². The first kappa shape index (κ1) is 17.4. The number of hydrogen-bond acceptors (Lipinski definition) is 8. The van der Waals surface area contributed by atoms with E-state index in [0.29, 0.717) is 17.1 Å². The average molecular weight is 356 g/mol. The Balaban J connectivity index is 2.39. The maximum absolute atomic E-state index is 12.4.